The Morgan fingerprint density at radius 1 is 1.18 bits per heavy atom. The molecule has 206 valence electrons. The number of nitrogen functional groups attached to an aromatic ring is 1. The molecule has 0 bridgehead atoms. The summed E-state index contributed by atoms with van der Waals surface area (Å²) >= 11 is 1.10. The smallest absolute Gasteiger partial charge is 0.526 e. The van der Waals surface area contributed by atoms with Gasteiger partial charge in [0.15, 0.2) is 10.9 Å². The van der Waals surface area contributed by atoms with Gasteiger partial charge in [0.1, 0.15) is 11.8 Å². The molecule has 1 saturated heterocycles. The van der Waals surface area contributed by atoms with E-state index >= 15 is 0 Å². The van der Waals surface area contributed by atoms with Gasteiger partial charge in [0.2, 0.25) is 0 Å². The number of nitrogens with zero attached hydrogens (tertiary/aromatic N) is 3. The summed E-state index contributed by atoms with van der Waals surface area (Å²) in [6, 6.07) is 12.7. The number of rotatable bonds is 7. The Morgan fingerprint density at radius 3 is 2.67 bits per heavy atom. The monoisotopic (exact) mass is 561 g/mol. The lowest BCUT2D eigenvalue weighted by Gasteiger charge is -2.33. The van der Waals surface area contributed by atoms with Crippen LogP contribution in [0, 0.1) is 6.92 Å². The molecule has 40 heavy (non-hydrogen) atoms. The minimum absolute atomic E-state index is 0.0331. The van der Waals surface area contributed by atoms with E-state index in [1.54, 1.807) is 5.38 Å². The predicted octanol–water partition coefficient (Wildman–Crippen LogP) is 2.10. The fourth-order valence-corrected chi connectivity index (χ4v) is 5.56. The molecule has 0 aliphatic carbocycles. The van der Waals surface area contributed by atoms with Gasteiger partial charge in [0.25, 0.3) is 0 Å². The number of hydrogen-bond donors (Lipinski definition) is 3. The number of carbonyl (C=O) groups is 4. The summed E-state index contributed by atoms with van der Waals surface area (Å²) in [5, 5.41) is 15.0. The number of nitrogens with one attached hydrogen (secondary N) is 1. The lowest BCUT2D eigenvalue weighted by molar-refractivity contribution is -0.154. The first kappa shape index (κ1) is 27.3. The number of para-hydroxylation sites is 1. The molecule has 4 amide bonds. The average Bonchev–Trinajstić information content (AvgIpc) is 3.37. The third kappa shape index (κ3) is 5.70. The summed E-state index contributed by atoms with van der Waals surface area (Å²) in [7, 11) is -1.22. The standard InChI is InChI=1S/C27H28BN5O6S/c1-16-6-5-9-18-12-19(28(38)39-23(16)18)13-21(34)22(20-15-40-26(29)30-20)31-27(37)33-11-10-32(24(35)25(33)36)14-17-7-3-2-4-8-17/h2-9,15,19,22,38H,10-14H2,1H3,(H2,29,30)(H,31,37)/t19-,22?/m1/s1. The Balaban J connectivity index is 1.28. The molecule has 1 fully saturated rings. The number of aryl methyl sites for hydroxylation is 1. The zero-order valence-corrected chi connectivity index (χ0v) is 22.6. The molecule has 1 aromatic heterocycles. The number of urea groups is 1. The van der Waals surface area contributed by atoms with Gasteiger partial charge in [-0.2, -0.15) is 0 Å². The van der Waals surface area contributed by atoms with Crippen LogP contribution in [0.15, 0.2) is 53.9 Å². The van der Waals surface area contributed by atoms with E-state index in [9.17, 15) is 24.2 Å². The molecule has 11 nitrogen and oxygen atoms in total. The van der Waals surface area contributed by atoms with Crippen LogP contribution in [0.1, 0.15) is 34.8 Å². The van der Waals surface area contributed by atoms with E-state index in [1.807, 2.05) is 55.5 Å². The molecular formula is C27H28BN5O6S. The fourth-order valence-electron chi connectivity index (χ4n) is 4.97. The number of benzene rings is 2. The van der Waals surface area contributed by atoms with Crippen molar-refractivity contribution in [3.8, 4) is 5.75 Å². The number of ketones is 1. The van der Waals surface area contributed by atoms with Gasteiger partial charge in [0.05, 0.1) is 5.69 Å². The number of Topliss-reactive ketones (excluding diaryl/α,β-unsaturated/α-hetero) is 1. The minimum atomic E-state index is -1.24. The van der Waals surface area contributed by atoms with Crippen molar-refractivity contribution >= 4 is 47.2 Å². The summed E-state index contributed by atoms with van der Waals surface area (Å²) in [6.45, 7) is 2.24. The second-order valence-corrected chi connectivity index (χ2v) is 10.8. The van der Waals surface area contributed by atoms with Gasteiger partial charge in [0, 0.05) is 37.3 Å². The van der Waals surface area contributed by atoms with Crippen molar-refractivity contribution in [3.05, 3.63) is 76.3 Å². The molecule has 2 atom stereocenters. The maximum absolute atomic E-state index is 13.5. The maximum Gasteiger partial charge on any atom is 0.526 e. The van der Waals surface area contributed by atoms with Gasteiger partial charge in [-0.05, 0) is 30.0 Å². The number of carbonyl (C=O) groups excluding carboxylic acids is 4. The maximum atomic E-state index is 13.5. The number of imide groups is 1. The van der Waals surface area contributed by atoms with Crippen LogP contribution >= 0.6 is 11.3 Å². The quantitative estimate of drug-likeness (QED) is 0.293. The van der Waals surface area contributed by atoms with Crippen molar-refractivity contribution in [2.75, 3.05) is 18.8 Å². The van der Waals surface area contributed by atoms with Crippen LogP contribution in [0.3, 0.4) is 0 Å². The van der Waals surface area contributed by atoms with Gasteiger partial charge in [-0.1, -0.05) is 48.5 Å². The van der Waals surface area contributed by atoms with Crippen LogP contribution in [-0.4, -0.2) is 63.6 Å². The van der Waals surface area contributed by atoms with Crippen LogP contribution in [0.25, 0.3) is 0 Å². The molecule has 0 spiro atoms. The number of aromatic nitrogens is 1. The van der Waals surface area contributed by atoms with E-state index in [4.69, 9.17) is 10.4 Å². The lowest BCUT2D eigenvalue weighted by atomic mass is 9.64. The van der Waals surface area contributed by atoms with Crippen molar-refractivity contribution < 1.29 is 28.9 Å². The van der Waals surface area contributed by atoms with E-state index in [-0.39, 0.29) is 36.9 Å². The van der Waals surface area contributed by atoms with Crippen LogP contribution in [0.5, 0.6) is 5.75 Å². The van der Waals surface area contributed by atoms with Crippen LogP contribution in [0.4, 0.5) is 9.93 Å². The topological polar surface area (TPSA) is 155 Å². The number of hydrogen-bond acceptors (Lipinski definition) is 9. The lowest BCUT2D eigenvalue weighted by Crippen LogP contribution is -2.58. The highest BCUT2D eigenvalue weighted by Crippen LogP contribution is 2.37. The van der Waals surface area contributed by atoms with Crippen molar-refractivity contribution in [1.29, 1.82) is 0 Å². The molecule has 0 radical (unpaired) electrons. The van der Waals surface area contributed by atoms with Crippen LogP contribution < -0.4 is 15.7 Å². The summed E-state index contributed by atoms with van der Waals surface area (Å²) in [5.74, 6) is -2.19. The van der Waals surface area contributed by atoms with Gasteiger partial charge >= 0.3 is 25.0 Å². The highest BCUT2D eigenvalue weighted by molar-refractivity contribution is 7.13. The van der Waals surface area contributed by atoms with E-state index in [2.05, 4.69) is 10.3 Å². The van der Waals surface area contributed by atoms with E-state index in [0.29, 0.717) is 12.2 Å². The van der Waals surface area contributed by atoms with Crippen molar-refractivity contribution in [2.24, 2.45) is 0 Å². The van der Waals surface area contributed by atoms with E-state index in [1.165, 1.54) is 4.90 Å². The molecule has 0 saturated carbocycles. The Hall–Kier alpha value is -4.23. The summed E-state index contributed by atoms with van der Waals surface area (Å²) in [5.41, 5.74) is 8.62. The number of fused-ring (bicyclic) bond motifs is 1. The molecule has 5 rings (SSSR count). The van der Waals surface area contributed by atoms with Gasteiger partial charge in [-0.3, -0.25) is 19.3 Å². The zero-order chi connectivity index (χ0) is 28.4. The largest absolute Gasteiger partial charge is 0.536 e. The SMILES string of the molecule is Cc1cccc2c1OB(O)[C@@H](CC(=O)C(NC(=O)N1CCN(Cc3ccccc3)C(=O)C1=O)c1csc(N)n1)C2. The molecule has 2 aliphatic heterocycles. The number of thiazole rings is 1. The summed E-state index contributed by atoms with van der Waals surface area (Å²) in [4.78, 5) is 58.7. The molecule has 4 N–H and O–H groups in total. The summed E-state index contributed by atoms with van der Waals surface area (Å²) in [6.07, 6.45) is 0.273. The second kappa shape index (κ2) is 11.5. The molecule has 2 aliphatic rings. The van der Waals surface area contributed by atoms with Crippen molar-refractivity contribution in [1.82, 2.24) is 20.1 Å². The molecular weight excluding hydrogens is 533 g/mol. The van der Waals surface area contributed by atoms with Crippen LogP contribution in [0.2, 0.25) is 5.82 Å². The Bertz CT molecular complexity index is 1450. The first-order chi connectivity index (χ1) is 19.2. The number of anilines is 1. The highest BCUT2D eigenvalue weighted by Gasteiger charge is 2.41. The van der Waals surface area contributed by atoms with Crippen molar-refractivity contribution in [2.45, 2.75) is 38.2 Å². The summed E-state index contributed by atoms with van der Waals surface area (Å²) < 4.78 is 5.71. The highest BCUT2D eigenvalue weighted by atomic mass is 32.1. The minimum Gasteiger partial charge on any atom is -0.536 e. The first-order valence-corrected chi connectivity index (χ1v) is 13.7. The normalized spacial score (nSPS) is 17.8. The van der Waals surface area contributed by atoms with E-state index < -0.39 is 42.6 Å². The van der Waals surface area contributed by atoms with Crippen LogP contribution in [-0.2, 0) is 27.3 Å². The van der Waals surface area contributed by atoms with E-state index in [0.717, 1.165) is 32.9 Å². The average molecular weight is 561 g/mol. The van der Waals surface area contributed by atoms with Gasteiger partial charge < -0.3 is 25.6 Å². The Morgan fingerprint density at radius 2 is 1.95 bits per heavy atom. The number of amides is 4. The number of piperazine rings is 1. The molecule has 3 heterocycles. The molecule has 3 aromatic rings. The molecule has 2 aromatic carbocycles. The molecule has 1 unspecified atom stereocenters. The third-order valence-electron chi connectivity index (χ3n) is 7.08. The Labute approximate surface area is 235 Å². The predicted molar refractivity (Wildman–Crippen MR) is 148 cm³/mol. The third-order valence-corrected chi connectivity index (χ3v) is 7.77. The van der Waals surface area contributed by atoms with Gasteiger partial charge in [-0.15, -0.1) is 11.3 Å². The first-order valence-electron chi connectivity index (χ1n) is 12.8. The zero-order valence-electron chi connectivity index (χ0n) is 21.8. The second-order valence-electron chi connectivity index (χ2n) is 9.87. The Kier molecular flexibility index (Phi) is 7.85. The fraction of sp³-hybridized carbons (Fsp3) is 0.296. The van der Waals surface area contributed by atoms with Crippen molar-refractivity contribution in [3.63, 3.8) is 0 Å². The molecule has 13 heteroatoms. The number of nitrogens with two attached hydrogens (primary N) is 1. The van der Waals surface area contributed by atoms with Gasteiger partial charge in [-0.25, -0.2) is 9.78 Å².